The first-order chi connectivity index (χ1) is 5.74. The molecule has 64 valence electrons. The topological polar surface area (TPSA) is 36.7 Å². The van der Waals surface area contributed by atoms with E-state index in [1.54, 1.807) is 6.20 Å². The number of rotatable bonds is 3. The van der Waals surface area contributed by atoms with Crippen molar-refractivity contribution in [3.63, 3.8) is 0 Å². The zero-order chi connectivity index (χ0) is 8.97. The summed E-state index contributed by atoms with van der Waals surface area (Å²) in [5.41, 5.74) is 1.58. The van der Waals surface area contributed by atoms with Gasteiger partial charge in [0, 0.05) is 17.5 Å². The number of nitrogens with one attached hydrogen (secondary N) is 1. The van der Waals surface area contributed by atoms with Gasteiger partial charge in [-0.05, 0) is 34.5 Å². The van der Waals surface area contributed by atoms with Crippen LogP contribution in [-0.2, 0) is 0 Å². The Balaban J connectivity index is 2.75. The second kappa shape index (κ2) is 4.36. The molecule has 0 saturated heterocycles. The van der Waals surface area contributed by atoms with Crippen molar-refractivity contribution in [3.8, 4) is 0 Å². The van der Waals surface area contributed by atoms with Crippen LogP contribution in [0.4, 0.5) is 0 Å². The van der Waals surface area contributed by atoms with Crippen molar-refractivity contribution in [1.29, 1.82) is 5.41 Å². The number of pyridine rings is 1. The summed E-state index contributed by atoms with van der Waals surface area (Å²) in [6.45, 7) is 2.07. The molecule has 0 fully saturated rings. The van der Waals surface area contributed by atoms with Crippen LogP contribution in [0.2, 0.25) is 0 Å². The molecule has 1 rings (SSSR count). The average molecular weight is 227 g/mol. The van der Waals surface area contributed by atoms with E-state index in [0.29, 0.717) is 5.71 Å². The van der Waals surface area contributed by atoms with Gasteiger partial charge in [0.15, 0.2) is 0 Å². The molecule has 2 nitrogen and oxygen atoms in total. The molecule has 1 aromatic rings. The molecule has 0 unspecified atom stereocenters. The van der Waals surface area contributed by atoms with Gasteiger partial charge in [-0.15, -0.1) is 0 Å². The van der Waals surface area contributed by atoms with Crippen LogP contribution in [0.1, 0.15) is 25.3 Å². The van der Waals surface area contributed by atoms with Crippen LogP contribution in [0, 0.1) is 5.41 Å². The third-order valence-corrected chi connectivity index (χ3v) is 2.04. The molecule has 3 heteroatoms. The summed E-state index contributed by atoms with van der Waals surface area (Å²) in [6.07, 6.45) is 3.56. The van der Waals surface area contributed by atoms with Gasteiger partial charge in [-0.25, -0.2) is 4.98 Å². The fraction of sp³-hybridized carbons (Fsp3) is 0.333. The Kier molecular flexibility index (Phi) is 3.41. The third-order valence-electron chi connectivity index (χ3n) is 1.58. The number of hydrogen-bond donors (Lipinski definition) is 1. The van der Waals surface area contributed by atoms with Crippen LogP contribution in [0.25, 0.3) is 0 Å². The minimum absolute atomic E-state index is 0.664. The predicted octanol–water partition coefficient (Wildman–Crippen LogP) is 3.01. The van der Waals surface area contributed by atoms with E-state index in [4.69, 9.17) is 5.41 Å². The lowest BCUT2D eigenvalue weighted by Crippen LogP contribution is -1.98. The van der Waals surface area contributed by atoms with E-state index >= 15 is 0 Å². The SMILES string of the molecule is CCCC(=N)c1ccc(Br)nc1. The van der Waals surface area contributed by atoms with Gasteiger partial charge in [-0.1, -0.05) is 13.3 Å². The summed E-state index contributed by atoms with van der Waals surface area (Å²) in [5, 5.41) is 7.64. The number of halogens is 1. The van der Waals surface area contributed by atoms with Crippen LogP contribution in [0.15, 0.2) is 22.9 Å². The maximum atomic E-state index is 7.64. The fourth-order valence-corrected chi connectivity index (χ4v) is 1.18. The molecule has 0 bridgehead atoms. The molecule has 1 heterocycles. The Hall–Kier alpha value is -0.700. The van der Waals surface area contributed by atoms with Gasteiger partial charge < -0.3 is 5.41 Å². The lowest BCUT2D eigenvalue weighted by Gasteiger charge is -2.00. The largest absolute Gasteiger partial charge is 0.305 e. The van der Waals surface area contributed by atoms with Gasteiger partial charge >= 0.3 is 0 Å². The minimum Gasteiger partial charge on any atom is -0.305 e. The van der Waals surface area contributed by atoms with E-state index in [0.717, 1.165) is 23.0 Å². The van der Waals surface area contributed by atoms with Crippen LogP contribution >= 0.6 is 15.9 Å². The minimum atomic E-state index is 0.664. The summed E-state index contributed by atoms with van der Waals surface area (Å²) in [4.78, 5) is 4.06. The van der Waals surface area contributed by atoms with Gasteiger partial charge in [-0.2, -0.15) is 0 Å². The van der Waals surface area contributed by atoms with Gasteiger partial charge in [0.1, 0.15) is 4.60 Å². The molecule has 0 saturated carbocycles. The monoisotopic (exact) mass is 226 g/mol. The Morgan fingerprint density at radius 2 is 2.33 bits per heavy atom. The van der Waals surface area contributed by atoms with Crippen LogP contribution in [0.3, 0.4) is 0 Å². The molecule has 0 aliphatic rings. The van der Waals surface area contributed by atoms with Crippen molar-refractivity contribution in [1.82, 2.24) is 4.98 Å². The third kappa shape index (κ3) is 2.41. The molecule has 1 N–H and O–H groups in total. The van der Waals surface area contributed by atoms with Gasteiger partial charge in [0.25, 0.3) is 0 Å². The lowest BCUT2D eigenvalue weighted by atomic mass is 10.1. The summed E-state index contributed by atoms with van der Waals surface area (Å²) >= 11 is 3.25. The predicted molar refractivity (Wildman–Crippen MR) is 53.7 cm³/mol. The van der Waals surface area contributed by atoms with E-state index in [-0.39, 0.29) is 0 Å². The first-order valence-electron chi connectivity index (χ1n) is 3.93. The summed E-state index contributed by atoms with van der Waals surface area (Å²) in [6, 6.07) is 3.77. The van der Waals surface area contributed by atoms with Crippen molar-refractivity contribution in [2.24, 2.45) is 0 Å². The molecule has 0 amide bonds. The van der Waals surface area contributed by atoms with Crippen molar-refractivity contribution in [2.75, 3.05) is 0 Å². The van der Waals surface area contributed by atoms with E-state index in [1.165, 1.54) is 0 Å². The zero-order valence-electron chi connectivity index (χ0n) is 6.97. The lowest BCUT2D eigenvalue weighted by molar-refractivity contribution is 0.985. The molecule has 0 aliphatic carbocycles. The van der Waals surface area contributed by atoms with Crippen LogP contribution in [-0.4, -0.2) is 10.7 Å². The average Bonchev–Trinajstić information content (AvgIpc) is 2.06. The normalized spacial score (nSPS) is 9.83. The van der Waals surface area contributed by atoms with E-state index in [2.05, 4.69) is 27.8 Å². The van der Waals surface area contributed by atoms with Crippen LogP contribution in [0.5, 0.6) is 0 Å². The highest BCUT2D eigenvalue weighted by Gasteiger charge is 1.99. The first-order valence-corrected chi connectivity index (χ1v) is 4.72. The molecule has 1 aromatic heterocycles. The van der Waals surface area contributed by atoms with E-state index in [1.807, 2.05) is 12.1 Å². The maximum absolute atomic E-state index is 7.64. The van der Waals surface area contributed by atoms with Gasteiger partial charge in [0.05, 0.1) is 0 Å². The molecule has 0 aliphatic heterocycles. The molecular weight excluding hydrogens is 216 g/mol. The number of aromatic nitrogens is 1. The molecule has 0 aromatic carbocycles. The second-order valence-corrected chi connectivity index (χ2v) is 3.41. The van der Waals surface area contributed by atoms with Crippen molar-refractivity contribution in [3.05, 3.63) is 28.5 Å². The number of nitrogens with zero attached hydrogens (tertiary/aromatic N) is 1. The molecule has 0 atom stereocenters. The highest BCUT2D eigenvalue weighted by Crippen LogP contribution is 2.08. The van der Waals surface area contributed by atoms with E-state index in [9.17, 15) is 0 Å². The zero-order valence-corrected chi connectivity index (χ0v) is 8.56. The molecule has 12 heavy (non-hydrogen) atoms. The molecule has 0 radical (unpaired) electrons. The van der Waals surface area contributed by atoms with Gasteiger partial charge in [-0.3, -0.25) is 0 Å². The molecular formula is C9H11BrN2. The summed E-state index contributed by atoms with van der Waals surface area (Å²) in [7, 11) is 0. The fourth-order valence-electron chi connectivity index (χ4n) is 0.949. The summed E-state index contributed by atoms with van der Waals surface area (Å²) in [5.74, 6) is 0. The Morgan fingerprint density at radius 3 is 2.83 bits per heavy atom. The van der Waals surface area contributed by atoms with Crippen molar-refractivity contribution in [2.45, 2.75) is 19.8 Å². The second-order valence-electron chi connectivity index (χ2n) is 2.60. The summed E-state index contributed by atoms with van der Waals surface area (Å²) < 4.78 is 0.815. The molecule has 0 spiro atoms. The van der Waals surface area contributed by atoms with Gasteiger partial charge in [0.2, 0.25) is 0 Å². The van der Waals surface area contributed by atoms with Crippen molar-refractivity contribution >= 4 is 21.6 Å². The standard InChI is InChI=1S/C9H11BrN2/c1-2-3-8(11)7-4-5-9(10)12-6-7/h4-6,11H,2-3H2,1H3. The highest BCUT2D eigenvalue weighted by atomic mass is 79.9. The van der Waals surface area contributed by atoms with E-state index < -0.39 is 0 Å². The highest BCUT2D eigenvalue weighted by molar-refractivity contribution is 9.10. The Morgan fingerprint density at radius 1 is 1.58 bits per heavy atom. The Bertz CT molecular complexity index is 266. The first kappa shape index (κ1) is 9.39. The quantitative estimate of drug-likeness (QED) is 0.625. The number of hydrogen-bond acceptors (Lipinski definition) is 2. The Labute approximate surface area is 80.7 Å². The maximum Gasteiger partial charge on any atom is 0.106 e. The smallest absolute Gasteiger partial charge is 0.106 e. The van der Waals surface area contributed by atoms with Crippen LogP contribution < -0.4 is 0 Å². The van der Waals surface area contributed by atoms with Crippen molar-refractivity contribution < 1.29 is 0 Å².